The Hall–Kier alpha value is -1.72. The minimum Gasteiger partial charge on any atom is -0.338 e. The molecule has 23 heavy (non-hydrogen) atoms. The lowest BCUT2D eigenvalue weighted by atomic mass is 10.1. The molecular weight excluding hydrogens is 332 g/mol. The van der Waals surface area contributed by atoms with E-state index in [2.05, 4.69) is 4.98 Å². The van der Waals surface area contributed by atoms with Crippen LogP contribution in [-0.2, 0) is 0 Å². The fourth-order valence-corrected chi connectivity index (χ4v) is 4.32. The number of aromatic amines is 1. The zero-order valence-corrected chi connectivity index (χ0v) is 14.1. The number of carbonyl (C=O) groups is 1. The monoisotopic (exact) mass is 348 g/mol. The summed E-state index contributed by atoms with van der Waals surface area (Å²) < 4.78 is 0. The van der Waals surface area contributed by atoms with Gasteiger partial charge in [-0.1, -0.05) is 29.8 Å². The van der Waals surface area contributed by atoms with E-state index in [0.29, 0.717) is 13.1 Å². The van der Waals surface area contributed by atoms with E-state index in [1.165, 1.54) is 6.20 Å². The van der Waals surface area contributed by atoms with Crippen molar-refractivity contribution in [3.63, 3.8) is 0 Å². The molecule has 1 aliphatic rings. The van der Waals surface area contributed by atoms with Crippen molar-refractivity contribution in [3.05, 3.63) is 69.1 Å². The van der Waals surface area contributed by atoms with Crippen LogP contribution in [0.4, 0.5) is 0 Å². The molecule has 1 atom stereocenters. The first kappa shape index (κ1) is 16.1. The average Bonchev–Trinajstić information content (AvgIpc) is 2.81. The first-order chi connectivity index (χ1) is 11.2. The predicted molar refractivity (Wildman–Crippen MR) is 94.2 cm³/mol. The molecule has 1 amide bonds. The topological polar surface area (TPSA) is 53.2 Å². The van der Waals surface area contributed by atoms with Crippen LogP contribution in [0, 0.1) is 0 Å². The summed E-state index contributed by atoms with van der Waals surface area (Å²) in [7, 11) is 0. The molecule has 1 N–H and O–H groups in total. The number of hydrogen-bond acceptors (Lipinski definition) is 3. The van der Waals surface area contributed by atoms with Crippen LogP contribution < -0.4 is 5.56 Å². The zero-order valence-electron chi connectivity index (χ0n) is 12.5. The number of hydrogen-bond donors (Lipinski definition) is 1. The molecular formula is C17H17ClN2O2S. The first-order valence-corrected chi connectivity index (χ1v) is 8.92. The van der Waals surface area contributed by atoms with Gasteiger partial charge in [0.1, 0.15) is 5.56 Å². The third kappa shape index (κ3) is 3.62. The van der Waals surface area contributed by atoms with Gasteiger partial charge in [0.15, 0.2) is 0 Å². The predicted octanol–water partition coefficient (Wildman–Crippen LogP) is 3.35. The molecule has 2 heterocycles. The lowest BCUT2D eigenvalue weighted by Crippen LogP contribution is -2.36. The molecule has 0 radical (unpaired) electrons. The summed E-state index contributed by atoms with van der Waals surface area (Å²) in [5.41, 5.74) is 0.983. The van der Waals surface area contributed by atoms with E-state index in [9.17, 15) is 9.59 Å². The van der Waals surface area contributed by atoms with Crippen molar-refractivity contribution in [3.8, 4) is 0 Å². The Morgan fingerprint density at radius 2 is 2.04 bits per heavy atom. The molecule has 0 bridgehead atoms. The Kier molecular flexibility index (Phi) is 5.08. The van der Waals surface area contributed by atoms with Crippen LogP contribution in [0.25, 0.3) is 0 Å². The molecule has 1 aromatic carbocycles. The van der Waals surface area contributed by atoms with Crippen LogP contribution in [0.2, 0.25) is 5.02 Å². The molecule has 2 aromatic rings. The number of benzene rings is 1. The number of pyridine rings is 1. The SMILES string of the molecule is O=C(c1ccc[nH]c1=O)N1CCSC(c2ccccc2Cl)CC1. The molecule has 0 spiro atoms. The number of amides is 1. The normalized spacial score (nSPS) is 18.5. The zero-order chi connectivity index (χ0) is 16.2. The number of carbonyl (C=O) groups excluding carboxylic acids is 1. The van der Waals surface area contributed by atoms with Gasteiger partial charge in [-0.2, -0.15) is 11.8 Å². The van der Waals surface area contributed by atoms with Gasteiger partial charge in [-0.15, -0.1) is 0 Å². The van der Waals surface area contributed by atoms with E-state index < -0.39 is 0 Å². The highest BCUT2D eigenvalue weighted by molar-refractivity contribution is 7.99. The van der Waals surface area contributed by atoms with Gasteiger partial charge in [-0.05, 0) is 30.2 Å². The maximum Gasteiger partial charge on any atom is 0.260 e. The van der Waals surface area contributed by atoms with Gasteiger partial charge < -0.3 is 9.88 Å². The van der Waals surface area contributed by atoms with Crippen molar-refractivity contribution in [1.82, 2.24) is 9.88 Å². The van der Waals surface area contributed by atoms with E-state index in [4.69, 9.17) is 11.6 Å². The third-order valence-corrected chi connectivity index (χ3v) is 5.58. The summed E-state index contributed by atoms with van der Waals surface area (Å²) in [6.45, 7) is 1.26. The molecule has 0 saturated carbocycles. The Morgan fingerprint density at radius 3 is 2.83 bits per heavy atom. The van der Waals surface area contributed by atoms with Crippen LogP contribution in [0.3, 0.4) is 0 Å². The van der Waals surface area contributed by atoms with Crippen LogP contribution in [0.1, 0.15) is 27.6 Å². The molecule has 1 fully saturated rings. The van der Waals surface area contributed by atoms with Crippen LogP contribution in [-0.4, -0.2) is 34.6 Å². The summed E-state index contributed by atoms with van der Waals surface area (Å²) >= 11 is 8.09. The molecule has 0 aliphatic carbocycles. The van der Waals surface area contributed by atoms with E-state index >= 15 is 0 Å². The number of halogens is 1. The summed E-state index contributed by atoms with van der Waals surface area (Å²) in [5.74, 6) is 0.624. The fraction of sp³-hybridized carbons (Fsp3) is 0.294. The molecule has 1 aliphatic heterocycles. The van der Waals surface area contributed by atoms with E-state index in [-0.39, 0.29) is 22.3 Å². The minimum absolute atomic E-state index is 0.202. The second kappa shape index (κ2) is 7.23. The first-order valence-electron chi connectivity index (χ1n) is 7.50. The highest BCUT2D eigenvalue weighted by Crippen LogP contribution is 2.37. The number of H-pyrrole nitrogens is 1. The highest BCUT2D eigenvalue weighted by Gasteiger charge is 2.25. The van der Waals surface area contributed by atoms with Crippen LogP contribution >= 0.6 is 23.4 Å². The maximum absolute atomic E-state index is 12.6. The lowest BCUT2D eigenvalue weighted by molar-refractivity contribution is 0.0765. The van der Waals surface area contributed by atoms with Crippen molar-refractivity contribution < 1.29 is 4.79 Å². The fourth-order valence-electron chi connectivity index (χ4n) is 2.72. The van der Waals surface area contributed by atoms with Crippen molar-refractivity contribution in [2.75, 3.05) is 18.8 Å². The van der Waals surface area contributed by atoms with Gasteiger partial charge in [-0.3, -0.25) is 9.59 Å². The molecule has 6 heteroatoms. The maximum atomic E-state index is 12.6. The van der Waals surface area contributed by atoms with Gasteiger partial charge in [0, 0.05) is 35.3 Å². The van der Waals surface area contributed by atoms with Crippen molar-refractivity contribution in [2.24, 2.45) is 0 Å². The molecule has 4 nitrogen and oxygen atoms in total. The van der Waals surface area contributed by atoms with Gasteiger partial charge in [0.2, 0.25) is 0 Å². The van der Waals surface area contributed by atoms with Crippen molar-refractivity contribution in [1.29, 1.82) is 0 Å². The second-order valence-electron chi connectivity index (χ2n) is 5.37. The number of aromatic nitrogens is 1. The summed E-state index contributed by atoms with van der Waals surface area (Å²) in [5, 5.41) is 1.04. The van der Waals surface area contributed by atoms with E-state index in [0.717, 1.165) is 22.8 Å². The average molecular weight is 349 g/mol. The Morgan fingerprint density at radius 1 is 1.22 bits per heavy atom. The van der Waals surface area contributed by atoms with E-state index in [1.807, 2.05) is 36.0 Å². The summed E-state index contributed by atoms with van der Waals surface area (Å²) in [6, 6.07) is 11.1. The van der Waals surface area contributed by atoms with Gasteiger partial charge in [0.25, 0.3) is 11.5 Å². The second-order valence-corrected chi connectivity index (χ2v) is 7.09. The number of nitrogens with zero attached hydrogens (tertiary/aromatic N) is 1. The van der Waals surface area contributed by atoms with Gasteiger partial charge in [-0.25, -0.2) is 0 Å². The number of rotatable bonds is 2. The van der Waals surface area contributed by atoms with Gasteiger partial charge >= 0.3 is 0 Å². The molecule has 1 aromatic heterocycles. The molecule has 1 saturated heterocycles. The smallest absolute Gasteiger partial charge is 0.260 e. The standard InChI is InChI=1S/C17H17ClN2O2S/c18-14-6-2-1-4-12(14)15-7-9-20(10-11-23-15)17(22)13-5-3-8-19-16(13)21/h1-6,8,15H,7,9-11H2,(H,19,21). The number of thioether (sulfide) groups is 1. The Labute approximate surface area is 143 Å². The summed E-state index contributed by atoms with van der Waals surface area (Å²) in [4.78, 5) is 28.7. The van der Waals surface area contributed by atoms with Crippen molar-refractivity contribution in [2.45, 2.75) is 11.7 Å². The van der Waals surface area contributed by atoms with Gasteiger partial charge in [0.05, 0.1) is 0 Å². The quantitative estimate of drug-likeness (QED) is 0.905. The van der Waals surface area contributed by atoms with Crippen molar-refractivity contribution >= 4 is 29.3 Å². The Bertz CT molecular complexity index is 762. The number of nitrogens with one attached hydrogen (secondary N) is 1. The van der Waals surface area contributed by atoms with Crippen LogP contribution in [0.15, 0.2) is 47.4 Å². The molecule has 3 rings (SSSR count). The minimum atomic E-state index is -0.336. The summed E-state index contributed by atoms with van der Waals surface area (Å²) in [6.07, 6.45) is 2.36. The van der Waals surface area contributed by atoms with Crippen LogP contribution in [0.5, 0.6) is 0 Å². The van der Waals surface area contributed by atoms with E-state index in [1.54, 1.807) is 17.0 Å². The highest BCUT2D eigenvalue weighted by atomic mass is 35.5. The Balaban J connectivity index is 1.74. The molecule has 120 valence electrons. The third-order valence-electron chi connectivity index (χ3n) is 3.93. The molecule has 1 unspecified atom stereocenters. The lowest BCUT2D eigenvalue weighted by Gasteiger charge is -2.20. The largest absolute Gasteiger partial charge is 0.338 e.